The monoisotopic (exact) mass is 229 g/mol. The van der Waals surface area contributed by atoms with E-state index in [-0.39, 0.29) is 6.04 Å². The molecule has 1 aliphatic heterocycles. The molecule has 0 amide bonds. The molecule has 2 N–H and O–H groups in total. The lowest BCUT2D eigenvalue weighted by atomic mass is 9.97. The van der Waals surface area contributed by atoms with Crippen LogP contribution in [0, 0.1) is 5.92 Å². The van der Waals surface area contributed by atoms with Crippen LogP contribution in [0.1, 0.15) is 18.2 Å². The average Bonchev–Trinajstić information content (AvgIpc) is 2.91. The zero-order chi connectivity index (χ0) is 11.7. The minimum atomic E-state index is -0.0744. The molecular weight excluding hydrogens is 214 g/mol. The van der Waals surface area contributed by atoms with Crippen LogP contribution < -0.4 is 5.73 Å². The predicted octanol–water partition coefficient (Wildman–Crippen LogP) is 1.67. The van der Waals surface area contributed by atoms with E-state index in [4.69, 9.17) is 10.5 Å². The third kappa shape index (κ3) is 2.01. The number of fused-ring (bicyclic) bond motifs is 1. The molecule has 1 saturated heterocycles. The maximum atomic E-state index is 6.21. The highest BCUT2D eigenvalue weighted by atomic mass is 16.5. The number of nitrogens with two attached hydrogens (primary N) is 1. The topological polar surface area (TPSA) is 61.0 Å². The fraction of sp³-hybridized carbons (Fsp3) is 0.385. The van der Waals surface area contributed by atoms with Gasteiger partial charge in [0.1, 0.15) is 0 Å². The molecule has 2 aromatic rings. The van der Waals surface area contributed by atoms with E-state index in [2.05, 4.69) is 9.97 Å². The van der Waals surface area contributed by atoms with Gasteiger partial charge in [0.25, 0.3) is 0 Å². The summed E-state index contributed by atoms with van der Waals surface area (Å²) in [6, 6.07) is 7.77. The van der Waals surface area contributed by atoms with Gasteiger partial charge in [-0.15, -0.1) is 0 Å². The molecule has 4 heteroatoms. The lowest BCUT2D eigenvalue weighted by molar-refractivity contribution is 0.180. The van der Waals surface area contributed by atoms with Crippen LogP contribution in [0.5, 0.6) is 0 Å². The molecule has 2 heterocycles. The molecule has 2 atom stereocenters. The van der Waals surface area contributed by atoms with Crippen LogP contribution in [0.3, 0.4) is 0 Å². The van der Waals surface area contributed by atoms with Gasteiger partial charge in [-0.1, -0.05) is 12.1 Å². The summed E-state index contributed by atoms with van der Waals surface area (Å²) in [6.45, 7) is 1.54. The Bertz CT molecular complexity index is 523. The van der Waals surface area contributed by atoms with Gasteiger partial charge in [0.15, 0.2) is 0 Å². The highest BCUT2D eigenvalue weighted by Crippen LogP contribution is 2.25. The van der Waals surface area contributed by atoms with Crippen LogP contribution in [0.15, 0.2) is 30.5 Å². The third-order valence-electron chi connectivity index (χ3n) is 3.28. The van der Waals surface area contributed by atoms with Crippen molar-refractivity contribution in [2.24, 2.45) is 11.7 Å². The van der Waals surface area contributed by atoms with Crippen molar-refractivity contribution in [2.75, 3.05) is 13.2 Å². The van der Waals surface area contributed by atoms with Gasteiger partial charge >= 0.3 is 0 Å². The first-order chi connectivity index (χ1) is 8.34. The minimum Gasteiger partial charge on any atom is -0.381 e. The molecule has 0 radical (unpaired) electrons. The average molecular weight is 229 g/mol. The molecule has 1 fully saturated rings. The third-order valence-corrected chi connectivity index (χ3v) is 3.28. The lowest BCUT2D eigenvalue weighted by Gasteiger charge is -2.16. The number of nitrogens with zero attached hydrogens (tertiary/aromatic N) is 2. The Morgan fingerprint density at radius 3 is 2.88 bits per heavy atom. The van der Waals surface area contributed by atoms with E-state index in [0.29, 0.717) is 5.92 Å². The molecule has 0 aliphatic carbocycles. The Hall–Kier alpha value is -1.52. The summed E-state index contributed by atoms with van der Waals surface area (Å²) < 4.78 is 5.36. The molecule has 3 rings (SSSR count). The van der Waals surface area contributed by atoms with Gasteiger partial charge in [-0.3, -0.25) is 4.98 Å². The number of ether oxygens (including phenoxy) is 1. The number of hydrogen-bond acceptors (Lipinski definition) is 4. The normalized spacial score (nSPS) is 21.8. The van der Waals surface area contributed by atoms with E-state index in [9.17, 15) is 0 Å². The van der Waals surface area contributed by atoms with Crippen molar-refractivity contribution in [3.8, 4) is 0 Å². The summed E-state index contributed by atoms with van der Waals surface area (Å²) in [7, 11) is 0. The fourth-order valence-electron chi connectivity index (χ4n) is 2.21. The number of para-hydroxylation sites is 2. The minimum absolute atomic E-state index is 0.0744. The van der Waals surface area contributed by atoms with Crippen molar-refractivity contribution in [2.45, 2.75) is 12.5 Å². The molecule has 1 aromatic carbocycles. The standard InChI is InChI=1S/C13H15N3O/c14-13(9-5-6-17-8-9)12-7-15-10-3-1-2-4-11(10)16-12/h1-4,7,9,13H,5-6,8,14H2. The molecule has 88 valence electrons. The highest BCUT2D eigenvalue weighted by molar-refractivity contribution is 5.73. The molecule has 2 unspecified atom stereocenters. The van der Waals surface area contributed by atoms with E-state index in [0.717, 1.165) is 36.4 Å². The fourth-order valence-corrected chi connectivity index (χ4v) is 2.21. The first-order valence-corrected chi connectivity index (χ1v) is 5.89. The smallest absolute Gasteiger partial charge is 0.0890 e. The van der Waals surface area contributed by atoms with Crippen molar-refractivity contribution >= 4 is 11.0 Å². The molecular formula is C13H15N3O. The lowest BCUT2D eigenvalue weighted by Crippen LogP contribution is -2.22. The maximum Gasteiger partial charge on any atom is 0.0890 e. The molecule has 0 saturated carbocycles. The van der Waals surface area contributed by atoms with Crippen LogP contribution in [0.25, 0.3) is 11.0 Å². The van der Waals surface area contributed by atoms with Crippen LogP contribution in [0.2, 0.25) is 0 Å². The van der Waals surface area contributed by atoms with Gasteiger partial charge in [0.05, 0.1) is 35.6 Å². The van der Waals surface area contributed by atoms with Gasteiger partial charge in [-0.25, -0.2) is 4.98 Å². The van der Waals surface area contributed by atoms with Crippen LogP contribution in [-0.2, 0) is 4.74 Å². The maximum absolute atomic E-state index is 6.21. The second-order valence-corrected chi connectivity index (χ2v) is 4.43. The molecule has 17 heavy (non-hydrogen) atoms. The number of aromatic nitrogens is 2. The van der Waals surface area contributed by atoms with E-state index < -0.39 is 0 Å². The van der Waals surface area contributed by atoms with Crippen LogP contribution in [-0.4, -0.2) is 23.2 Å². The Balaban J connectivity index is 1.94. The second kappa shape index (κ2) is 4.39. The van der Waals surface area contributed by atoms with Gasteiger partial charge in [-0.2, -0.15) is 0 Å². The highest BCUT2D eigenvalue weighted by Gasteiger charge is 2.25. The van der Waals surface area contributed by atoms with Gasteiger partial charge in [-0.05, 0) is 18.6 Å². The van der Waals surface area contributed by atoms with Crippen molar-refractivity contribution in [1.82, 2.24) is 9.97 Å². The zero-order valence-corrected chi connectivity index (χ0v) is 9.54. The van der Waals surface area contributed by atoms with Crippen molar-refractivity contribution in [3.05, 3.63) is 36.2 Å². The predicted molar refractivity (Wildman–Crippen MR) is 65.4 cm³/mol. The first kappa shape index (κ1) is 10.6. The summed E-state index contributed by atoms with van der Waals surface area (Å²) in [5, 5.41) is 0. The Morgan fingerprint density at radius 2 is 2.12 bits per heavy atom. The summed E-state index contributed by atoms with van der Waals surface area (Å²) in [5.74, 6) is 0.366. The number of benzene rings is 1. The molecule has 1 aromatic heterocycles. The summed E-state index contributed by atoms with van der Waals surface area (Å²) >= 11 is 0. The molecule has 0 bridgehead atoms. The van der Waals surface area contributed by atoms with Gasteiger partial charge < -0.3 is 10.5 Å². The first-order valence-electron chi connectivity index (χ1n) is 5.89. The number of hydrogen-bond donors (Lipinski definition) is 1. The van der Waals surface area contributed by atoms with Crippen molar-refractivity contribution in [3.63, 3.8) is 0 Å². The summed E-state index contributed by atoms with van der Waals surface area (Å²) in [5.41, 5.74) is 8.88. The molecule has 4 nitrogen and oxygen atoms in total. The summed E-state index contributed by atoms with van der Waals surface area (Å²) in [6.07, 6.45) is 2.79. The SMILES string of the molecule is NC(c1cnc2ccccc2n1)C1CCOC1. The molecule has 0 spiro atoms. The Kier molecular flexibility index (Phi) is 2.74. The van der Waals surface area contributed by atoms with Gasteiger partial charge in [0, 0.05) is 12.5 Å². The Labute approximate surface area is 99.8 Å². The van der Waals surface area contributed by atoms with E-state index >= 15 is 0 Å². The van der Waals surface area contributed by atoms with Crippen molar-refractivity contribution in [1.29, 1.82) is 0 Å². The largest absolute Gasteiger partial charge is 0.381 e. The zero-order valence-electron chi connectivity index (χ0n) is 9.54. The molecule has 1 aliphatic rings. The second-order valence-electron chi connectivity index (χ2n) is 4.43. The van der Waals surface area contributed by atoms with E-state index in [1.54, 1.807) is 6.20 Å². The van der Waals surface area contributed by atoms with E-state index in [1.165, 1.54) is 0 Å². The number of rotatable bonds is 2. The van der Waals surface area contributed by atoms with Crippen molar-refractivity contribution < 1.29 is 4.74 Å². The summed E-state index contributed by atoms with van der Waals surface area (Å²) in [4.78, 5) is 8.97. The van der Waals surface area contributed by atoms with Crippen LogP contribution in [0.4, 0.5) is 0 Å². The van der Waals surface area contributed by atoms with Gasteiger partial charge in [0.2, 0.25) is 0 Å². The Morgan fingerprint density at radius 1 is 1.29 bits per heavy atom. The van der Waals surface area contributed by atoms with E-state index in [1.807, 2.05) is 24.3 Å². The quantitative estimate of drug-likeness (QED) is 0.850. The van der Waals surface area contributed by atoms with Crippen LogP contribution >= 0.6 is 0 Å².